The van der Waals surface area contributed by atoms with E-state index in [1.165, 1.54) is 62.3 Å². The van der Waals surface area contributed by atoms with Crippen LogP contribution in [-0.2, 0) is 14.3 Å². The SMILES string of the molecule is COc1ccccc1-c1c(F)cc2c3c(c(=O)n(-c4c(C)ccnc4C(C)C)c2c1F)N(C)C(=O)[C@H]1CN(C(=O)OC(C)(C)C)[C@H](C)CN31.Cc1ccnc(C(C)C)c1-n1c(=O)c2c(c3cc(F)c(-c4ccccc4O)c(F)c31)N1C[C@@H](C)CC[C@@H]1C(=O)N2C. The van der Waals surface area contributed by atoms with Crippen LogP contribution in [0, 0.1) is 43.0 Å². The first-order valence-corrected chi connectivity index (χ1v) is 30.2. The molecule has 0 radical (unpaired) electrons. The molecule has 0 aliphatic carbocycles. The molecule has 0 spiro atoms. The molecule has 2 saturated heterocycles. The molecule has 0 bridgehead atoms. The van der Waals surface area contributed by atoms with Gasteiger partial charge in [-0.2, -0.15) is 0 Å². The number of amides is 3. The Morgan fingerprint density at radius 1 is 0.622 bits per heavy atom. The molecule has 4 aliphatic heterocycles. The molecule has 470 valence electrons. The van der Waals surface area contributed by atoms with Gasteiger partial charge in [-0.3, -0.25) is 38.3 Å². The average Bonchev–Trinajstić information content (AvgIpc) is 0.709. The third-order valence-electron chi connectivity index (χ3n) is 17.7. The highest BCUT2D eigenvalue weighted by Crippen LogP contribution is 2.49. The van der Waals surface area contributed by atoms with Crippen LogP contribution in [0.1, 0.15) is 110 Å². The molecule has 17 nitrogen and oxygen atoms in total. The van der Waals surface area contributed by atoms with Gasteiger partial charge in [-0.15, -0.1) is 0 Å². The topological polar surface area (TPSA) is 176 Å². The highest BCUT2D eigenvalue weighted by Gasteiger charge is 2.48. The lowest BCUT2D eigenvalue weighted by Gasteiger charge is -2.50. The summed E-state index contributed by atoms with van der Waals surface area (Å²) in [6.07, 6.45) is 4.10. The molecular formula is C69H73F4N9O8. The van der Waals surface area contributed by atoms with Crippen LogP contribution in [0.2, 0.25) is 0 Å². The molecule has 4 aromatic carbocycles. The average molecular weight is 1230 g/mol. The summed E-state index contributed by atoms with van der Waals surface area (Å²) in [6, 6.07) is 16.5. The second-order valence-electron chi connectivity index (χ2n) is 25.6. The number of halogens is 4. The summed E-state index contributed by atoms with van der Waals surface area (Å²) >= 11 is 0. The summed E-state index contributed by atoms with van der Waals surface area (Å²) in [7, 11) is 4.44. The van der Waals surface area contributed by atoms with Gasteiger partial charge in [0, 0.05) is 67.5 Å². The predicted molar refractivity (Wildman–Crippen MR) is 341 cm³/mol. The molecule has 4 aliphatic rings. The van der Waals surface area contributed by atoms with Crippen LogP contribution in [0.4, 0.5) is 45.1 Å². The molecule has 90 heavy (non-hydrogen) atoms. The zero-order valence-electron chi connectivity index (χ0n) is 52.9. The number of carbonyl (C=O) groups excluding carboxylic acids is 3. The van der Waals surface area contributed by atoms with Crippen molar-refractivity contribution in [3.8, 4) is 45.1 Å². The summed E-state index contributed by atoms with van der Waals surface area (Å²) in [6.45, 7) is 21.0. The van der Waals surface area contributed by atoms with E-state index in [9.17, 15) is 29.1 Å². The number of methoxy groups -OCH3 is 1. The summed E-state index contributed by atoms with van der Waals surface area (Å²) in [4.78, 5) is 87.2. The third kappa shape index (κ3) is 10.1. The molecule has 4 aromatic heterocycles. The number of aromatic hydroxyl groups is 1. The Bertz CT molecular complexity index is 4430. The van der Waals surface area contributed by atoms with Gasteiger partial charge in [0.25, 0.3) is 17.0 Å². The first kappa shape index (κ1) is 62.3. The van der Waals surface area contributed by atoms with Crippen molar-refractivity contribution in [3.05, 3.63) is 152 Å². The maximum Gasteiger partial charge on any atom is 0.410 e. The van der Waals surface area contributed by atoms with Crippen LogP contribution in [0.5, 0.6) is 11.5 Å². The number of para-hydroxylation sites is 2. The van der Waals surface area contributed by atoms with E-state index in [2.05, 4.69) is 16.9 Å². The van der Waals surface area contributed by atoms with Crippen LogP contribution < -0.4 is 35.5 Å². The molecule has 4 atom stereocenters. The van der Waals surface area contributed by atoms with E-state index in [0.717, 1.165) is 6.42 Å². The smallest absolute Gasteiger partial charge is 0.410 e. The minimum Gasteiger partial charge on any atom is -0.507 e. The molecule has 3 amide bonds. The quantitative estimate of drug-likeness (QED) is 0.150. The van der Waals surface area contributed by atoms with Crippen molar-refractivity contribution in [1.82, 2.24) is 24.0 Å². The third-order valence-corrected chi connectivity index (χ3v) is 17.7. The van der Waals surface area contributed by atoms with Gasteiger partial charge >= 0.3 is 6.09 Å². The molecule has 12 rings (SSSR count). The van der Waals surface area contributed by atoms with Gasteiger partial charge in [0.15, 0.2) is 11.6 Å². The number of aromatic nitrogens is 4. The minimum atomic E-state index is -0.972. The van der Waals surface area contributed by atoms with E-state index < -0.39 is 75.7 Å². The van der Waals surface area contributed by atoms with Crippen LogP contribution in [0.3, 0.4) is 0 Å². The number of piperidine rings is 1. The Kier molecular flexibility index (Phi) is 16.1. The lowest BCUT2D eigenvalue weighted by Crippen LogP contribution is -2.66. The fourth-order valence-electron chi connectivity index (χ4n) is 13.4. The zero-order valence-corrected chi connectivity index (χ0v) is 52.9. The van der Waals surface area contributed by atoms with E-state index >= 15 is 17.6 Å². The summed E-state index contributed by atoms with van der Waals surface area (Å²) in [5.74, 6) is -4.45. The Balaban J connectivity index is 0.000000188. The minimum absolute atomic E-state index is 0.0199. The maximum absolute atomic E-state index is 17.4. The highest BCUT2D eigenvalue weighted by molar-refractivity contribution is 6.14. The number of anilines is 4. The number of likely N-dealkylation sites (N-methyl/N-ethyl adjacent to an activating group) is 2. The van der Waals surface area contributed by atoms with E-state index in [4.69, 9.17) is 9.47 Å². The number of pyridine rings is 4. The van der Waals surface area contributed by atoms with Crippen molar-refractivity contribution in [3.63, 3.8) is 0 Å². The number of benzene rings is 4. The summed E-state index contributed by atoms with van der Waals surface area (Å²) in [5.41, 5.74) is 0.887. The van der Waals surface area contributed by atoms with E-state index in [1.54, 1.807) is 107 Å². The van der Waals surface area contributed by atoms with Crippen molar-refractivity contribution in [2.75, 3.05) is 60.4 Å². The molecule has 8 heterocycles. The van der Waals surface area contributed by atoms with Crippen molar-refractivity contribution < 1.29 is 46.5 Å². The number of phenolic OH excluding ortho intramolecular Hbond substituents is 1. The van der Waals surface area contributed by atoms with Gasteiger partial charge in [-0.1, -0.05) is 71.0 Å². The van der Waals surface area contributed by atoms with Crippen molar-refractivity contribution in [2.24, 2.45) is 5.92 Å². The second kappa shape index (κ2) is 23.3. The number of ether oxygens (including phenoxy) is 2. The van der Waals surface area contributed by atoms with Crippen LogP contribution in [0.15, 0.2) is 94.8 Å². The molecule has 0 unspecified atom stereocenters. The Morgan fingerprint density at radius 3 is 1.58 bits per heavy atom. The molecule has 2 fully saturated rings. The van der Waals surface area contributed by atoms with Crippen LogP contribution >= 0.6 is 0 Å². The number of hydrogen-bond donors (Lipinski definition) is 1. The fourth-order valence-corrected chi connectivity index (χ4v) is 13.4. The largest absolute Gasteiger partial charge is 0.507 e. The van der Waals surface area contributed by atoms with Crippen LogP contribution in [0.25, 0.3) is 55.4 Å². The number of rotatable bonds is 7. The first-order chi connectivity index (χ1) is 42.6. The highest BCUT2D eigenvalue weighted by atomic mass is 19.1. The van der Waals surface area contributed by atoms with Gasteiger partial charge in [-0.05, 0) is 120 Å². The normalized spacial score (nSPS) is 18.2. The Morgan fingerprint density at radius 2 is 1.09 bits per heavy atom. The monoisotopic (exact) mass is 1230 g/mol. The molecule has 1 N–H and O–H groups in total. The summed E-state index contributed by atoms with van der Waals surface area (Å²) in [5, 5.41) is 10.8. The second-order valence-corrected chi connectivity index (χ2v) is 25.6. The lowest BCUT2D eigenvalue weighted by molar-refractivity contribution is -0.121. The molecule has 0 saturated carbocycles. The number of aryl methyl sites for hydroxylation is 2. The first-order valence-electron chi connectivity index (χ1n) is 30.2. The van der Waals surface area contributed by atoms with E-state index in [0.29, 0.717) is 52.5 Å². The number of phenols is 1. The van der Waals surface area contributed by atoms with E-state index in [-0.39, 0.29) is 104 Å². The molecule has 21 heteroatoms. The number of carbonyl (C=O) groups is 3. The van der Waals surface area contributed by atoms with Crippen molar-refractivity contribution >= 4 is 62.5 Å². The standard InChI is InChI=1S/C37H41F2N5O5.C32H32F2N4O3/c1-19(2)29-30(20(3)14-15-40-29)44-31-23(16-24(38)27(28(31)39)22-12-10-11-13-26(22)48-9)32-33(35(44)46)41(8)34(45)25-18-42(21(4)17-43(25)32)36(47)49-37(5,6)7;1-16(2)26-27(18(4)12-13-35-26)38-28-20(14-21(33)24(25(28)34)19-8-6-7-9-23(19)39)29-30(32(38)41)36(5)31(40)22-11-10-17(3)15-37(22)29/h10-16,19,21,25H,17-18H2,1-9H3;6-9,12-14,16-17,22,39H,10-11,15H2,1-5H3/t21-,25-;17-,22+/m10/s1. The van der Waals surface area contributed by atoms with Crippen LogP contribution in [-0.4, -0.2) is 112 Å². The van der Waals surface area contributed by atoms with Gasteiger partial charge in [-0.25, -0.2) is 22.4 Å². The van der Waals surface area contributed by atoms with Gasteiger partial charge in [0.1, 0.15) is 52.2 Å². The van der Waals surface area contributed by atoms with Gasteiger partial charge < -0.3 is 39.1 Å². The fraction of sp³-hybridized carbons (Fsp3) is 0.377. The Hall–Kier alpha value is -9.27. The lowest BCUT2D eigenvalue weighted by atomic mass is 9.89. The maximum atomic E-state index is 17.4. The number of fused-ring (bicyclic) bond motifs is 10. The van der Waals surface area contributed by atoms with Crippen molar-refractivity contribution in [1.29, 1.82) is 0 Å². The van der Waals surface area contributed by atoms with Crippen molar-refractivity contribution in [2.45, 2.75) is 125 Å². The predicted octanol–water partition coefficient (Wildman–Crippen LogP) is 12.6. The van der Waals surface area contributed by atoms with E-state index in [1.807, 2.05) is 39.5 Å². The number of hydrogen-bond acceptors (Lipinski definition) is 12. The van der Waals surface area contributed by atoms with Gasteiger partial charge in [0.05, 0.1) is 70.0 Å². The molecule has 8 aromatic rings. The number of nitrogens with zero attached hydrogens (tertiary/aromatic N) is 9. The van der Waals surface area contributed by atoms with Gasteiger partial charge in [0.2, 0.25) is 5.91 Å². The molecular weight excluding hydrogens is 1160 g/mol. The zero-order chi connectivity index (χ0) is 65.0. The summed E-state index contributed by atoms with van der Waals surface area (Å²) < 4.78 is 80.6. The number of piperazine rings is 1. The Labute approximate surface area is 518 Å².